The molecule has 3 aromatic carbocycles. The van der Waals surface area contributed by atoms with Crippen LogP contribution in [0.4, 0.5) is 0 Å². The summed E-state index contributed by atoms with van der Waals surface area (Å²) in [4.78, 5) is 23.6. The number of amides is 1. The zero-order valence-corrected chi connectivity index (χ0v) is 14.9. The molecule has 0 aliphatic rings. The first-order valence-electron chi connectivity index (χ1n) is 8.55. The summed E-state index contributed by atoms with van der Waals surface area (Å²) >= 11 is 0. The minimum Gasteiger partial charge on any atom is -0.484 e. The first-order chi connectivity index (χ1) is 12.5. The van der Waals surface area contributed by atoms with Crippen LogP contribution >= 0.6 is 0 Å². The maximum absolute atomic E-state index is 12.2. The molecule has 0 saturated carbocycles. The Morgan fingerprint density at radius 3 is 2.50 bits per heavy atom. The summed E-state index contributed by atoms with van der Waals surface area (Å²) in [5, 5.41) is 5.25. The lowest BCUT2D eigenvalue weighted by Gasteiger charge is -2.15. The first kappa shape index (κ1) is 17.7. The summed E-state index contributed by atoms with van der Waals surface area (Å²) in [7, 11) is 0. The van der Waals surface area contributed by atoms with Crippen molar-refractivity contribution in [3.63, 3.8) is 0 Å². The van der Waals surface area contributed by atoms with E-state index in [1.54, 1.807) is 24.3 Å². The Labute approximate surface area is 152 Å². The topological polar surface area (TPSA) is 55.4 Å². The zero-order valence-electron chi connectivity index (χ0n) is 14.9. The minimum atomic E-state index is -0.209. The Morgan fingerprint density at radius 1 is 0.962 bits per heavy atom. The third kappa shape index (κ3) is 4.28. The van der Waals surface area contributed by atoms with Crippen LogP contribution < -0.4 is 10.1 Å². The second kappa shape index (κ2) is 7.83. The summed E-state index contributed by atoms with van der Waals surface area (Å²) in [6.45, 7) is 3.34. The van der Waals surface area contributed by atoms with Gasteiger partial charge in [0.25, 0.3) is 5.91 Å². The molecule has 26 heavy (non-hydrogen) atoms. The van der Waals surface area contributed by atoms with E-state index in [2.05, 4.69) is 29.6 Å². The van der Waals surface area contributed by atoms with Gasteiger partial charge in [-0.3, -0.25) is 9.59 Å². The molecule has 0 spiro atoms. The minimum absolute atomic E-state index is 0.0372. The van der Waals surface area contributed by atoms with Gasteiger partial charge in [0.1, 0.15) is 5.75 Å². The van der Waals surface area contributed by atoms with Gasteiger partial charge in [0, 0.05) is 5.56 Å². The number of fused-ring (bicyclic) bond motifs is 1. The first-order valence-corrected chi connectivity index (χ1v) is 8.55. The number of Topliss-reactive ketones (excluding diaryl/α,β-unsaturated/α-hetero) is 1. The second-order valence-electron chi connectivity index (χ2n) is 6.27. The highest BCUT2D eigenvalue weighted by molar-refractivity contribution is 5.94. The molecule has 4 nitrogen and oxygen atoms in total. The summed E-state index contributed by atoms with van der Waals surface area (Å²) in [5.74, 6) is 0.259. The largest absolute Gasteiger partial charge is 0.484 e. The second-order valence-corrected chi connectivity index (χ2v) is 6.27. The molecule has 0 radical (unpaired) electrons. The van der Waals surface area contributed by atoms with Crippen LogP contribution in [0.3, 0.4) is 0 Å². The Bertz CT molecular complexity index is 949. The highest BCUT2D eigenvalue weighted by Crippen LogP contribution is 2.20. The molecule has 4 heteroatoms. The zero-order chi connectivity index (χ0) is 18.5. The van der Waals surface area contributed by atoms with Crippen LogP contribution in [0.25, 0.3) is 10.8 Å². The van der Waals surface area contributed by atoms with E-state index >= 15 is 0 Å². The van der Waals surface area contributed by atoms with Gasteiger partial charge in [0.05, 0.1) is 6.04 Å². The van der Waals surface area contributed by atoms with Crippen molar-refractivity contribution >= 4 is 22.5 Å². The third-order valence-electron chi connectivity index (χ3n) is 4.26. The predicted molar refractivity (Wildman–Crippen MR) is 102 cm³/mol. The third-order valence-corrected chi connectivity index (χ3v) is 4.26. The molecule has 1 atom stereocenters. The van der Waals surface area contributed by atoms with E-state index in [1.807, 2.05) is 25.1 Å². The van der Waals surface area contributed by atoms with Gasteiger partial charge in [0.2, 0.25) is 0 Å². The fraction of sp³-hybridized carbons (Fsp3) is 0.182. The molecule has 0 saturated heterocycles. The SMILES string of the molecule is CC(=O)c1cccc(OCC(=O)N[C@H](C)c2ccc3ccccc3c2)c1. The number of ketones is 1. The number of carbonyl (C=O) groups excluding carboxylic acids is 2. The Balaban J connectivity index is 1.60. The summed E-state index contributed by atoms with van der Waals surface area (Å²) in [5.41, 5.74) is 1.60. The van der Waals surface area contributed by atoms with Crippen molar-refractivity contribution in [2.75, 3.05) is 6.61 Å². The average molecular weight is 347 g/mol. The van der Waals surface area contributed by atoms with Crippen LogP contribution in [0.15, 0.2) is 66.7 Å². The van der Waals surface area contributed by atoms with Gasteiger partial charge in [0.15, 0.2) is 12.4 Å². The van der Waals surface area contributed by atoms with Crippen molar-refractivity contribution in [1.29, 1.82) is 0 Å². The standard InChI is InChI=1S/C22H21NO3/c1-15(18-11-10-17-6-3-4-7-20(17)12-18)23-22(25)14-26-21-9-5-8-19(13-21)16(2)24/h3-13,15H,14H2,1-2H3,(H,23,25)/t15-/m1/s1. The molecule has 3 rings (SSSR count). The van der Waals surface area contributed by atoms with E-state index in [0.29, 0.717) is 11.3 Å². The van der Waals surface area contributed by atoms with Gasteiger partial charge in [-0.25, -0.2) is 0 Å². The van der Waals surface area contributed by atoms with Crippen molar-refractivity contribution in [1.82, 2.24) is 5.32 Å². The van der Waals surface area contributed by atoms with Crippen LogP contribution in [0.1, 0.15) is 35.8 Å². The van der Waals surface area contributed by atoms with Gasteiger partial charge >= 0.3 is 0 Å². The number of rotatable bonds is 6. The van der Waals surface area contributed by atoms with Gasteiger partial charge in [-0.05, 0) is 48.4 Å². The molecule has 132 valence electrons. The number of nitrogens with one attached hydrogen (secondary N) is 1. The number of benzene rings is 3. The van der Waals surface area contributed by atoms with Gasteiger partial charge in [-0.1, -0.05) is 48.5 Å². The molecular weight excluding hydrogens is 326 g/mol. The van der Waals surface area contributed by atoms with Crippen molar-refractivity contribution in [3.05, 3.63) is 77.9 Å². The smallest absolute Gasteiger partial charge is 0.258 e. The molecular formula is C22H21NO3. The monoisotopic (exact) mass is 347 g/mol. The van der Waals surface area contributed by atoms with Crippen LogP contribution in [-0.4, -0.2) is 18.3 Å². The van der Waals surface area contributed by atoms with Gasteiger partial charge in [-0.15, -0.1) is 0 Å². The average Bonchev–Trinajstić information content (AvgIpc) is 2.66. The molecule has 0 aromatic heterocycles. The highest BCUT2D eigenvalue weighted by Gasteiger charge is 2.11. The molecule has 3 aromatic rings. The van der Waals surface area contributed by atoms with Gasteiger partial charge < -0.3 is 10.1 Å². The normalized spacial score (nSPS) is 11.8. The van der Waals surface area contributed by atoms with Crippen LogP contribution in [0.2, 0.25) is 0 Å². The van der Waals surface area contributed by atoms with E-state index in [1.165, 1.54) is 12.3 Å². The van der Waals surface area contributed by atoms with Gasteiger partial charge in [-0.2, -0.15) is 0 Å². The molecule has 0 bridgehead atoms. The van der Waals surface area contributed by atoms with E-state index in [4.69, 9.17) is 4.74 Å². The fourth-order valence-corrected chi connectivity index (χ4v) is 2.80. The molecule has 0 fully saturated rings. The molecule has 1 N–H and O–H groups in total. The van der Waals surface area contributed by atoms with Crippen LogP contribution in [-0.2, 0) is 4.79 Å². The van der Waals surface area contributed by atoms with E-state index in [-0.39, 0.29) is 24.3 Å². The van der Waals surface area contributed by atoms with E-state index < -0.39 is 0 Å². The Morgan fingerprint density at radius 2 is 1.73 bits per heavy atom. The maximum atomic E-state index is 12.2. The Kier molecular flexibility index (Phi) is 5.32. The maximum Gasteiger partial charge on any atom is 0.258 e. The van der Waals surface area contributed by atoms with Crippen molar-refractivity contribution < 1.29 is 14.3 Å². The number of hydrogen-bond donors (Lipinski definition) is 1. The predicted octanol–water partition coefficient (Wildman–Crippen LogP) is 4.30. The summed E-state index contributed by atoms with van der Waals surface area (Å²) < 4.78 is 5.50. The number of carbonyl (C=O) groups is 2. The molecule has 0 aliphatic heterocycles. The lowest BCUT2D eigenvalue weighted by atomic mass is 10.0. The lowest BCUT2D eigenvalue weighted by Crippen LogP contribution is -2.31. The molecule has 0 aliphatic carbocycles. The molecule has 0 heterocycles. The Hall–Kier alpha value is -3.14. The van der Waals surface area contributed by atoms with E-state index in [9.17, 15) is 9.59 Å². The van der Waals surface area contributed by atoms with Crippen molar-refractivity contribution in [2.24, 2.45) is 0 Å². The van der Waals surface area contributed by atoms with Crippen molar-refractivity contribution in [2.45, 2.75) is 19.9 Å². The summed E-state index contributed by atoms with van der Waals surface area (Å²) in [6.07, 6.45) is 0. The van der Waals surface area contributed by atoms with E-state index in [0.717, 1.165) is 10.9 Å². The van der Waals surface area contributed by atoms with Crippen LogP contribution in [0.5, 0.6) is 5.75 Å². The molecule has 1 amide bonds. The lowest BCUT2D eigenvalue weighted by molar-refractivity contribution is -0.123. The summed E-state index contributed by atoms with van der Waals surface area (Å²) in [6, 6.07) is 21.0. The highest BCUT2D eigenvalue weighted by atomic mass is 16.5. The van der Waals surface area contributed by atoms with Crippen LogP contribution in [0, 0.1) is 0 Å². The molecule has 0 unspecified atom stereocenters. The number of ether oxygens (including phenoxy) is 1. The van der Waals surface area contributed by atoms with Crippen molar-refractivity contribution in [3.8, 4) is 5.75 Å². The quantitative estimate of drug-likeness (QED) is 0.677. The fourth-order valence-electron chi connectivity index (χ4n) is 2.80. The number of hydrogen-bond acceptors (Lipinski definition) is 3.